The number of nitrogens with two attached hydrogens (primary N) is 1. The molecular weight excluding hydrogens is 254 g/mol. The second-order valence-electron chi connectivity index (χ2n) is 4.07. The molecule has 0 bridgehead atoms. The summed E-state index contributed by atoms with van der Waals surface area (Å²) in [5.41, 5.74) is 6.78. The number of Topliss-reactive ketones (excluding diaryl/α,β-unsaturated/α-hetero) is 1. The molecular formula is C13H16ClNO3. The molecule has 4 nitrogen and oxygen atoms in total. The van der Waals surface area contributed by atoms with E-state index in [4.69, 9.17) is 26.8 Å². The monoisotopic (exact) mass is 269 g/mol. The lowest BCUT2D eigenvalue weighted by molar-refractivity contribution is 0.1000. The minimum absolute atomic E-state index is 0.0387. The summed E-state index contributed by atoms with van der Waals surface area (Å²) in [5.74, 6) is 1.00. The highest BCUT2D eigenvalue weighted by Crippen LogP contribution is 2.42. The Kier molecular flexibility index (Phi) is 4.09. The van der Waals surface area contributed by atoms with E-state index in [0.29, 0.717) is 41.7 Å². The van der Waals surface area contributed by atoms with E-state index < -0.39 is 0 Å². The molecule has 5 heteroatoms. The maximum Gasteiger partial charge on any atom is 0.180 e. The van der Waals surface area contributed by atoms with E-state index in [9.17, 15) is 4.79 Å². The second kappa shape index (κ2) is 5.59. The zero-order valence-electron chi connectivity index (χ0n) is 10.3. The zero-order valence-corrected chi connectivity index (χ0v) is 11.0. The molecule has 0 unspecified atom stereocenters. The lowest BCUT2D eigenvalue weighted by Crippen LogP contribution is -2.16. The van der Waals surface area contributed by atoms with Crippen LogP contribution >= 0.6 is 11.6 Å². The molecule has 1 heterocycles. The molecule has 0 saturated heterocycles. The third-order valence-electron chi connectivity index (χ3n) is 2.91. The fraction of sp³-hybridized carbons (Fsp3) is 0.462. The average molecular weight is 270 g/mol. The third-order valence-corrected chi connectivity index (χ3v) is 3.19. The van der Waals surface area contributed by atoms with Crippen molar-refractivity contribution in [3.05, 3.63) is 22.2 Å². The summed E-state index contributed by atoms with van der Waals surface area (Å²) in [5, 5.41) is 0.404. The van der Waals surface area contributed by atoms with Crippen LogP contribution in [0.15, 0.2) is 6.07 Å². The Labute approximate surface area is 111 Å². The zero-order chi connectivity index (χ0) is 13.1. The fourth-order valence-electron chi connectivity index (χ4n) is 2.05. The second-order valence-corrected chi connectivity index (χ2v) is 4.48. The van der Waals surface area contributed by atoms with Crippen LogP contribution in [-0.4, -0.2) is 25.5 Å². The van der Waals surface area contributed by atoms with Gasteiger partial charge in [0.15, 0.2) is 17.3 Å². The molecule has 2 rings (SSSR count). The maximum absolute atomic E-state index is 11.8. The van der Waals surface area contributed by atoms with Gasteiger partial charge in [-0.1, -0.05) is 18.5 Å². The molecule has 0 aromatic heterocycles. The van der Waals surface area contributed by atoms with Crippen molar-refractivity contribution in [3.63, 3.8) is 0 Å². The minimum atomic E-state index is -0.135. The van der Waals surface area contributed by atoms with Gasteiger partial charge in [-0.2, -0.15) is 0 Å². The van der Waals surface area contributed by atoms with E-state index in [0.717, 1.165) is 12.0 Å². The molecule has 1 aromatic rings. The van der Waals surface area contributed by atoms with Gasteiger partial charge in [0.25, 0.3) is 0 Å². The average Bonchev–Trinajstić information content (AvgIpc) is 2.63. The lowest BCUT2D eigenvalue weighted by Gasteiger charge is -2.16. The summed E-state index contributed by atoms with van der Waals surface area (Å²) < 4.78 is 11.3. The predicted octanol–water partition coefficient (Wildman–Crippen LogP) is 2.21. The molecule has 0 amide bonds. The first kappa shape index (κ1) is 13.2. The van der Waals surface area contributed by atoms with Crippen molar-refractivity contribution in [1.29, 1.82) is 0 Å². The van der Waals surface area contributed by atoms with Gasteiger partial charge >= 0.3 is 0 Å². The standard InChI is InChI=1S/C13H16ClNO3/c1-2-8-9(11(16)7-15)6-10(14)13-12(8)17-4-3-5-18-13/h6H,2-5,7,15H2,1H3. The van der Waals surface area contributed by atoms with Crippen molar-refractivity contribution >= 4 is 17.4 Å². The van der Waals surface area contributed by atoms with Crippen molar-refractivity contribution in [2.24, 2.45) is 5.73 Å². The first-order valence-corrected chi connectivity index (χ1v) is 6.41. The Balaban J connectivity index is 2.61. The van der Waals surface area contributed by atoms with Crippen LogP contribution in [0.3, 0.4) is 0 Å². The highest BCUT2D eigenvalue weighted by molar-refractivity contribution is 6.32. The van der Waals surface area contributed by atoms with Crippen molar-refractivity contribution in [3.8, 4) is 11.5 Å². The van der Waals surface area contributed by atoms with Crippen LogP contribution < -0.4 is 15.2 Å². The van der Waals surface area contributed by atoms with Gasteiger partial charge in [0.05, 0.1) is 24.8 Å². The molecule has 1 aliphatic heterocycles. The molecule has 0 radical (unpaired) electrons. The Morgan fingerprint density at radius 1 is 1.39 bits per heavy atom. The van der Waals surface area contributed by atoms with Gasteiger partial charge in [-0.15, -0.1) is 0 Å². The van der Waals surface area contributed by atoms with Crippen LogP contribution in [0.5, 0.6) is 11.5 Å². The van der Waals surface area contributed by atoms with Crippen molar-refractivity contribution in [2.45, 2.75) is 19.8 Å². The van der Waals surface area contributed by atoms with Gasteiger partial charge in [-0.3, -0.25) is 4.79 Å². The number of hydrogen-bond donors (Lipinski definition) is 1. The number of rotatable bonds is 3. The van der Waals surface area contributed by atoms with Gasteiger partial charge in [-0.05, 0) is 12.5 Å². The van der Waals surface area contributed by atoms with Crippen LogP contribution in [0.2, 0.25) is 5.02 Å². The van der Waals surface area contributed by atoms with Crippen LogP contribution in [0.1, 0.15) is 29.3 Å². The van der Waals surface area contributed by atoms with E-state index in [1.54, 1.807) is 6.07 Å². The number of ether oxygens (including phenoxy) is 2. The maximum atomic E-state index is 11.8. The summed E-state index contributed by atoms with van der Waals surface area (Å²) in [6.07, 6.45) is 1.47. The number of carbonyl (C=O) groups excluding carboxylic acids is 1. The molecule has 1 aliphatic rings. The molecule has 0 fully saturated rings. The number of halogens is 1. The summed E-state index contributed by atoms with van der Waals surface area (Å²) in [7, 11) is 0. The number of carbonyl (C=O) groups is 1. The van der Waals surface area contributed by atoms with Gasteiger partial charge in [-0.25, -0.2) is 0 Å². The van der Waals surface area contributed by atoms with E-state index >= 15 is 0 Å². The van der Waals surface area contributed by atoms with Crippen molar-refractivity contribution < 1.29 is 14.3 Å². The van der Waals surface area contributed by atoms with Crippen LogP contribution in [0.4, 0.5) is 0 Å². The summed E-state index contributed by atoms with van der Waals surface area (Å²) in [6.45, 7) is 3.06. The summed E-state index contributed by atoms with van der Waals surface area (Å²) in [4.78, 5) is 11.8. The highest BCUT2D eigenvalue weighted by atomic mass is 35.5. The molecule has 98 valence electrons. The van der Waals surface area contributed by atoms with Gasteiger partial charge in [0, 0.05) is 17.5 Å². The Hall–Kier alpha value is -1.26. The van der Waals surface area contributed by atoms with Crippen LogP contribution in [-0.2, 0) is 6.42 Å². The molecule has 0 atom stereocenters. The van der Waals surface area contributed by atoms with E-state index in [1.165, 1.54) is 0 Å². The third kappa shape index (κ3) is 2.31. The van der Waals surface area contributed by atoms with E-state index in [1.807, 2.05) is 6.92 Å². The number of fused-ring (bicyclic) bond motifs is 1. The van der Waals surface area contributed by atoms with Crippen molar-refractivity contribution in [2.75, 3.05) is 19.8 Å². The predicted molar refractivity (Wildman–Crippen MR) is 69.8 cm³/mol. The number of hydrogen-bond acceptors (Lipinski definition) is 4. The Morgan fingerprint density at radius 2 is 2.06 bits per heavy atom. The molecule has 0 saturated carbocycles. The van der Waals surface area contributed by atoms with Crippen LogP contribution in [0, 0.1) is 0 Å². The topological polar surface area (TPSA) is 61.6 Å². The largest absolute Gasteiger partial charge is 0.489 e. The summed E-state index contributed by atoms with van der Waals surface area (Å²) >= 11 is 6.15. The minimum Gasteiger partial charge on any atom is -0.489 e. The molecule has 0 spiro atoms. The van der Waals surface area contributed by atoms with Gasteiger partial charge in [0.1, 0.15) is 0 Å². The Bertz CT molecular complexity index is 474. The van der Waals surface area contributed by atoms with Gasteiger partial charge < -0.3 is 15.2 Å². The van der Waals surface area contributed by atoms with Crippen LogP contribution in [0.25, 0.3) is 0 Å². The van der Waals surface area contributed by atoms with Gasteiger partial charge in [0.2, 0.25) is 0 Å². The Morgan fingerprint density at radius 3 is 2.67 bits per heavy atom. The van der Waals surface area contributed by atoms with Crippen molar-refractivity contribution in [1.82, 2.24) is 0 Å². The van der Waals surface area contributed by atoms with E-state index in [2.05, 4.69) is 0 Å². The number of benzene rings is 1. The summed E-state index contributed by atoms with van der Waals surface area (Å²) in [6, 6.07) is 1.63. The molecule has 0 aliphatic carbocycles. The number of ketones is 1. The molecule has 18 heavy (non-hydrogen) atoms. The molecule has 2 N–H and O–H groups in total. The smallest absolute Gasteiger partial charge is 0.180 e. The quantitative estimate of drug-likeness (QED) is 0.855. The SMILES string of the molecule is CCc1c(C(=O)CN)cc(Cl)c2c1OCCCO2. The lowest BCUT2D eigenvalue weighted by atomic mass is 9.99. The fourth-order valence-corrected chi connectivity index (χ4v) is 2.30. The molecule has 1 aromatic carbocycles. The first-order valence-electron chi connectivity index (χ1n) is 6.03. The van der Waals surface area contributed by atoms with E-state index in [-0.39, 0.29) is 12.3 Å². The first-order chi connectivity index (χ1) is 8.69. The highest BCUT2D eigenvalue weighted by Gasteiger charge is 2.23. The normalized spacial score (nSPS) is 14.2.